The topological polar surface area (TPSA) is 65.4 Å². The van der Waals surface area contributed by atoms with Crippen LogP contribution >= 0.6 is 0 Å². The van der Waals surface area contributed by atoms with E-state index in [1.165, 1.54) is 0 Å². The number of H-pyrrole nitrogens is 1. The monoisotopic (exact) mass is 236 g/mol. The minimum Gasteiger partial charge on any atom is -0.397 e. The lowest BCUT2D eigenvalue weighted by Gasteiger charge is -2.35. The van der Waals surface area contributed by atoms with Crippen molar-refractivity contribution in [3.63, 3.8) is 0 Å². The molecule has 0 bridgehead atoms. The normalized spacial score (nSPS) is 17.7. The van der Waals surface area contributed by atoms with Crippen molar-refractivity contribution >= 4 is 11.6 Å². The number of aromatic nitrogens is 1. The van der Waals surface area contributed by atoms with Gasteiger partial charge in [-0.25, -0.2) is 0 Å². The number of likely N-dealkylation sites (tertiary alicyclic amines) is 1. The molecular formula is C12H20N4O. The molecule has 0 atom stereocenters. The molecule has 0 unspecified atom stereocenters. The van der Waals surface area contributed by atoms with Crippen LogP contribution < -0.4 is 5.73 Å². The summed E-state index contributed by atoms with van der Waals surface area (Å²) >= 11 is 0. The molecular weight excluding hydrogens is 216 g/mol. The lowest BCUT2D eigenvalue weighted by molar-refractivity contribution is 0.0658. The maximum absolute atomic E-state index is 12.1. The summed E-state index contributed by atoms with van der Waals surface area (Å²) in [6, 6.07) is 2.29. The van der Waals surface area contributed by atoms with Gasteiger partial charge in [-0.1, -0.05) is 0 Å². The molecule has 2 heterocycles. The fourth-order valence-electron chi connectivity index (χ4n) is 2.29. The zero-order valence-electron chi connectivity index (χ0n) is 10.4. The zero-order chi connectivity index (χ0) is 12.4. The van der Waals surface area contributed by atoms with E-state index in [0.29, 0.717) is 17.4 Å². The van der Waals surface area contributed by atoms with Gasteiger partial charge in [0.15, 0.2) is 0 Å². The van der Waals surface area contributed by atoms with Crippen LogP contribution in [0.25, 0.3) is 0 Å². The van der Waals surface area contributed by atoms with Crippen LogP contribution in [0.3, 0.4) is 0 Å². The van der Waals surface area contributed by atoms with Gasteiger partial charge in [0.05, 0.1) is 0 Å². The first-order valence-electron chi connectivity index (χ1n) is 5.97. The van der Waals surface area contributed by atoms with Gasteiger partial charge in [0.25, 0.3) is 5.91 Å². The molecule has 0 saturated carbocycles. The molecule has 1 saturated heterocycles. The van der Waals surface area contributed by atoms with Gasteiger partial charge in [-0.05, 0) is 33.0 Å². The number of nitrogens with zero attached hydrogens (tertiary/aromatic N) is 2. The van der Waals surface area contributed by atoms with Crippen LogP contribution in [-0.2, 0) is 0 Å². The number of rotatable bonds is 2. The summed E-state index contributed by atoms with van der Waals surface area (Å²) in [5, 5.41) is 0. The summed E-state index contributed by atoms with van der Waals surface area (Å²) < 4.78 is 0. The number of nitrogens with two attached hydrogens (primary N) is 1. The van der Waals surface area contributed by atoms with E-state index in [2.05, 4.69) is 24.0 Å². The highest BCUT2D eigenvalue weighted by atomic mass is 16.2. The Morgan fingerprint density at radius 3 is 2.59 bits per heavy atom. The third-order valence-corrected chi connectivity index (χ3v) is 3.42. The predicted molar refractivity (Wildman–Crippen MR) is 67.8 cm³/mol. The van der Waals surface area contributed by atoms with Gasteiger partial charge in [-0.3, -0.25) is 4.79 Å². The lowest BCUT2D eigenvalue weighted by Crippen LogP contribution is -2.44. The second-order valence-corrected chi connectivity index (χ2v) is 4.83. The van der Waals surface area contributed by atoms with Crippen LogP contribution in [0.1, 0.15) is 23.3 Å². The average Bonchev–Trinajstić information content (AvgIpc) is 2.75. The van der Waals surface area contributed by atoms with Crippen molar-refractivity contribution in [2.75, 3.05) is 32.9 Å². The van der Waals surface area contributed by atoms with Crippen LogP contribution in [0.2, 0.25) is 0 Å². The molecule has 0 radical (unpaired) electrons. The van der Waals surface area contributed by atoms with E-state index >= 15 is 0 Å². The van der Waals surface area contributed by atoms with Crippen molar-refractivity contribution in [1.29, 1.82) is 0 Å². The summed E-state index contributed by atoms with van der Waals surface area (Å²) in [5.74, 6) is 0.0545. The largest absolute Gasteiger partial charge is 0.397 e. The molecule has 1 amide bonds. The van der Waals surface area contributed by atoms with Crippen molar-refractivity contribution < 1.29 is 4.79 Å². The molecule has 5 nitrogen and oxygen atoms in total. The first-order valence-corrected chi connectivity index (χ1v) is 5.97. The van der Waals surface area contributed by atoms with E-state index in [9.17, 15) is 4.79 Å². The molecule has 2 rings (SSSR count). The number of carbonyl (C=O) groups excluding carboxylic acids is 1. The van der Waals surface area contributed by atoms with Crippen LogP contribution in [0.15, 0.2) is 12.3 Å². The van der Waals surface area contributed by atoms with Crippen molar-refractivity contribution in [3.05, 3.63) is 18.0 Å². The van der Waals surface area contributed by atoms with Crippen LogP contribution in [0, 0.1) is 0 Å². The third-order valence-electron chi connectivity index (χ3n) is 3.42. The van der Waals surface area contributed by atoms with E-state index in [0.717, 1.165) is 25.9 Å². The number of piperidine rings is 1. The van der Waals surface area contributed by atoms with Crippen molar-refractivity contribution in [2.45, 2.75) is 18.9 Å². The Hall–Kier alpha value is -1.49. The summed E-state index contributed by atoms with van der Waals surface area (Å²) in [5.41, 5.74) is 6.80. The first kappa shape index (κ1) is 12.0. The SMILES string of the molecule is CN(C)C1CCN(C(=O)c2cc(N)c[nH]2)CC1. The number of hydrogen-bond donors (Lipinski definition) is 2. The van der Waals surface area contributed by atoms with E-state index in [1.54, 1.807) is 12.3 Å². The fraction of sp³-hybridized carbons (Fsp3) is 0.583. The van der Waals surface area contributed by atoms with Gasteiger partial charge in [-0.15, -0.1) is 0 Å². The molecule has 0 spiro atoms. The number of amides is 1. The van der Waals surface area contributed by atoms with Gasteiger partial charge in [0.2, 0.25) is 0 Å². The maximum Gasteiger partial charge on any atom is 0.270 e. The van der Waals surface area contributed by atoms with E-state index in [1.807, 2.05) is 4.90 Å². The number of carbonyl (C=O) groups is 1. The molecule has 1 aromatic heterocycles. The van der Waals surface area contributed by atoms with Gasteiger partial charge >= 0.3 is 0 Å². The molecule has 1 aromatic rings. The Bertz CT molecular complexity index is 391. The van der Waals surface area contributed by atoms with Crippen molar-refractivity contribution in [2.24, 2.45) is 0 Å². The van der Waals surface area contributed by atoms with E-state index < -0.39 is 0 Å². The number of nitrogens with one attached hydrogen (secondary N) is 1. The Kier molecular flexibility index (Phi) is 3.38. The summed E-state index contributed by atoms with van der Waals surface area (Å²) in [4.78, 5) is 19.1. The molecule has 5 heteroatoms. The number of anilines is 1. The number of nitrogen functional groups attached to an aromatic ring is 1. The second kappa shape index (κ2) is 4.79. The van der Waals surface area contributed by atoms with Crippen LogP contribution in [-0.4, -0.2) is 53.9 Å². The van der Waals surface area contributed by atoms with Gasteiger partial charge < -0.3 is 20.5 Å². The molecule has 0 aromatic carbocycles. The summed E-state index contributed by atoms with van der Waals surface area (Å²) in [6.07, 6.45) is 3.73. The highest BCUT2D eigenvalue weighted by Crippen LogP contribution is 2.17. The maximum atomic E-state index is 12.1. The highest BCUT2D eigenvalue weighted by Gasteiger charge is 2.25. The van der Waals surface area contributed by atoms with Crippen molar-refractivity contribution in [1.82, 2.24) is 14.8 Å². The van der Waals surface area contributed by atoms with Crippen molar-refractivity contribution in [3.8, 4) is 0 Å². The first-order chi connectivity index (χ1) is 8.08. The lowest BCUT2D eigenvalue weighted by atomic mass is 10.0. The summed E-state index contributed by atoms with van der Waals surface area (Å²) in [6.45, 7) is 1.64. The summed E-state index contributed by atoms with van der Waals surface area (Å²) in [7, 11) is 4.18. The zero-order valence-corrected chi connectivity index (χ0v) is 10.4. The number of aromatic amines is 1. The van der Waals surface area contributed by atoms with Gasteiger partial charge in [0, 0.05) is 31.0 Å². The van der Waals surface area contributed by atoms with Crippen LogP contribution in [0.4, 0.5) is 5.69 Å². The smallest absolute Gasteiger partial charge is 0.270 e. The Morgan fingerprint density at radius 2 is 2.12 bits per heavy atom. The van der Waals surface area contributed by atoms with Gasteiger partial charge in [-0.2, -0.15) is 0 Å². The fourth-order valence-corrected chi connectivity index (χ4v) is 2.29. The Labute approximate surface area is 102 Å². The molecule has 1 aliphatic rings. The quantitative estimate of drug-likeness (QED) is 0.797. The minimum absolute atomic E-state index is 0.0545. The van der Waals surface area contributed by atoms with Crippen LogP contribution in [0.5, 0.6) is 0 Å². The Balaban J connectivity index is 1.95. The van der Waals surface area contributed by atoms with E-state index in [4.69, 9.17) is 5.73 Å². The molecule has 3 N–H and O–H groups in total. The van der Waals surface area contributed by atoms with Gasteiger partial charge in [0.1, 0.15) is 5.69 Å². The Morgan fingerprint density at radius 1 is 1.47 bits per heavy atom. The molecule has 94 valence electrons. The predicted octanol–water partition coefficient (Wildman–Crippen LogP) is 0.763. The third kappa shape index (κ3) is 2.61. The highest BCUT2D eigenvalue weighted by molar-refractivity contribution is 5.93. The molecule has 1 aliphatic heterocycles. The molecule has 1 fully saturated rings. The standard InChI is InChI=1S/C12H20N4O/c1-15(2)10-3-5-16(6-4-10)12(17)11-7-9(13)8-14-11/h7-8,10,14H,3-6,13H2,1-2H3. The number of hydrogen-bond acceptors (Lipinski definition) is 3. The molecule has 17 heavy (non-hydrogen) atoms. The average molecular weight is 236 g/mol. The minimum atomic E-state index is 0.0545. The second-order valence-electron chi connectivity index (χ2n) is 4.83. The van der Waals surface area contributed by atoms with E-state index in [-0.39, 0.29) is 5.91 Å². The molecule has 0 aliphatic carbocycles.